The van der Waals surface area contributed by atoms with E-state index in [4.69, 9.17) is 32.5 Å². The highest BCUT2D eigenvalue weighted by molar-refractivity contribution is 6.36. The molecule has 0 bridgehead atoms. The highest BCUT2D eigenvalue weighted by Crippen LogP contribution is 2.20. The van der Waals surface area contributed by atoms with Crippen molar-refractivity contribution in [1.29, 1.82) is 0 Å². The highest BCUT2D eigenvalue weighted by atomic mass is 35.5. The average Bonchev–Trinajstić information content (AvgIpc) is 2.81. The molecule has 1 aromatic heterocycles. The number of hydrogen-bond acceptors (Lipinski definition) is 5. The van der Waals surface area contributed by atoms with Crippen molar-refractivity contribution in [1.82, 2.24) is 10.5 Å². The van der Waals surface area contributed by atoms with Crippen molar-refractivity contribution in [3.63, 3.8) is 0 Å². The number of esters is 1. The van der Waals surface area contributed by atoms with Gasteiger partial charge < -0.3 is 14.6 Å². The van der Waals surface area contributed by atoms with E-state index in [1.165, 1.54) is 18.2 Å². The first-order valence-corrected chi connectivity index (χ1v) is 7.44. The number of hydrogen-bond donors (Lipinski definition) is 1. The van der Waals surface area contributed by atoms with E-state index in [0.29, 0.717) is 22.0 Å². The molecule has 122 valence electrons. The Kier molecular flexibility index (Phi) is 5.63. The van der Waals surface area contributed by atoms with Crippen LogP contribution in [0.25, 0.3) is 0 Å². The maximum atomic E-state index is 12.0. The maximum Gasteiger partial charge on any atom is 0.325 e. The van der Waals surface area contributed by atoms with Crippen LogP contribution in [-0.4, -0.2) is 23.6 Å². The molecule has 1 amide bonds. The summed E-state index contributed by atoms with van der Waals surface area (Å²) in [4.78, 5) is 23.6. The summed E-state index contributed by atoms with van der Waals surface area (Å²) in [6.07, 6.45) is 0. The summed E-state index contributed by atoms with van der Waals surface area (Å²) in [7, 11) is 0. The van der Waals surface area contributed by atoms with Gasteiger partial charge in [-0.05, 0) is 32.0 Å². The molecule has 2 rings (SSSR count). The lowest BCUT2D eigenvalue weighted by Gasteiger charge is -2.07. The number of carbonyl (C=O) groups excluding carboxylic acids is 2. The van der Waals surface area contributed by atoms with Gasteiger partial charge in [0.05, 0.1) is 21.8 Å². The number of aromatic nitrogens is 1. The third kappa shape index (κ3) is 4.46. The molecular formula is C15H14Cl2N2O4. The Morgan fingerprint density at radius 2 is 2.04 bits per heavy atom. The topological polar surface area (TPSA) is 81.4 Å². The molecule has 8 heteroatoms. The second kappa shape index (κ2) is 7.48. The minimum atomic E-state index is -0.580. The van der Waals surface area contributed by atoms with Gasteiger partial charge in [-0.15, -0.1) is 0 Å². The Hall–Kier alpha value is -2.05. The van der Waals surface area contributed by atoms with Crippen molar-refractivity contribution in [2.75, 3.05) is 6.54 Å². The van der Waals surface area contributed by atoms with Crippen LogP contribution in [0.3, 0.4) is 0 Å². The Bertz CT molecular complexity index is 724. The number of aryl methyl sites for hydroxylation is 2. The molecule has 2 aromatic rings. The van der Waals surface area contributed by atoms with Crippen molar-refractivity contribution >= 4 is 35.1 Å². The van der Waals surface area contributed by atoms with Crippen LogP contribution >= 0.6 is 23.2 Å². The Balaban J connectivity index is 1.85. The first kappa shape index (κ1) is 17.3. The fraction of sp³-hybridized carbons (Fsp3) is 0.267. The Labute approximate surface area is 142 Å². The standard InChI is InChI=1S/C15H14Cl2N2O4/c1-8-12(9(2)23-19-8)7-22-14(20)6-18-15(21)11-4-3-10(16)5-13(11)17/h3-5H,6-7H2,1-2H3,(H,18,21). The van der Waals surface area contributed by atoms with Gasteiger partial charge in [0.2, 0.25) is 0 Å². The molecule has 0 radical (unpaired) electrons. The van der Waals surface area contributed by atoms with Crippen LogP contribution in [0.1, 0.15) is 27.4 Å². The quantitative estimate of drug-likeness (QED) is 0.832. The molecule has 1 N–H and O–H groups in total. The van der Waals surface area contributed by atoms with Crippen LogP contribution in [0.4, 0.5) is 0 Å². The third-order valence-electron chi connectivity index (χ3n) is 3.13. The van der Waals surface area contributed by atoms with Gasteiger partial charge in [-0.1, -0.05) is 28.4 Å². The van der Waals surface area contributed by atoms with E-state index >= 15 is 0 Å². The summed E-state index contributed by atoms with van der Waals surface area (Å²) in [6, 6.07) is 4.47. The van der Waals surface area contributed by atoms with Crippen molar-refractivity contribution in [3.05, 3.63) is 50.8 Å². The van der Waals surface area contributed by atoms with Crippen molar-refractivity contribution in [3.8, 4) is 0 Å². The van der Waals surface area contributed by atoms with Gasteiger partial charge in [-0.3, -0.25) is 9.59 Å². The first-order valence-electron chi connectivity index (χ1n) is 6.69. The van der Waals surface area contributed by atoms with E-state index in [2.05, 4.69) is 10.5 Å². The van der Waals surface area contributed by atoms with Crippen LogP contribution in [0.5, 0.6) is 0 Å². The zero-order valence-corrected chi connectivity index (χ0v) is 14.0. The van der Waals surface area contributed by atoms with Crippen molar-refractivity contribution < 1.29 is 18.8 Å². The number of carbonyl (C=O) groups is 2. The molecule has 1 aromatic carbocycles. The van der Waals surface area contributed by atoms with E-state index < -0.39 is 11.9 Å². The molecule has 0 aliphatic carbocycles. The minimum absolute atomic E-state index is 0.0393. The number of ether oxygens (including phenoxy) is 1. The zero-order valence-electron chi connectivity index (χ0n) is 12.5. The van der Waals surface area contributed by atoms with E-state index in [0.717, 1.165) is 0 Å². The number of benzene rings is 1. The summed E-state index contributed by atoms with van der Waals surface area (Å²) in [5.41, 5.74) is 1.60. The maximum absolute atomic E-state index is 12.0. The molecule has 0 fully saturated rings. The number of rotatable bonds is 5. The predicted molar refractivity (Wildman–Crippen MR) is 84.6 cm³/mol. The van der Waals surface area contributed by atoms with Crippen LogP contribution in [0.2, 0.25) is 10.0 Å². The first-order chi connectivity index (χ1) is 10.9. The lowest BCUT2D eigenvalue weighted by Crippen LogP contribution is -2.30. The Morgan fingerprint density at radius 3 is 2.65 bits per heavy atom. The smallest absolute Gasteiger partial charge is 0.325 e. The molecule has 0 unspecified atom stereocenters. The van der Waals surface area contributed by atoms with Crippen molar-refractivity contribution in [2.24, 2.45) is 0 Å². The van der Waals surface area contributed by atoms with Gasteiger partial charge in [0.25, 0.3) is 5.91 Å². The average molecular weight is 357 g/mol. The van der Waals surface area contributed by atoms with Gasteiger partial charge in [-0.2, -0.15) is 0 Å². The number of nitrogens with one attached hydrogen (secondary N) is 1. The molecule has 6 nitrogen and oxygen atoms in total. The third-order valence-corrected chi connectivity index (χ3v) is 3.68. The van der Waals surface area contributed by atoms with Gasteiger partial charge in [0.1, 0.15) is 18.9 Å². The molecule has 0 saturated heterocycles. The number of halogens is 2. The largest absolute Gasteiger partial charge is 0.459 e. The summed E-state index contributed by atoms with van der Waals surface area (Å²) in [6.45, 7) is 3.25. The molecule has 0 aliphatic heterocycles. The van der Waals surface area contributed by atoms with Crippen molar-refractivity contribution in [2.45, 2.75) is 20.5 Å². The predicted octanol–water partition coefficient (Wildman–Crippen LogP) is 3.07. The molecule has 0 spiro atoms. The molecule has 0 aliphatic rings. The summed E-state index contributed by atoms with van der Waals surface area (Å²) in [5, 5.41) is 6.83. The van der Waals surface area contributed by atoms with Crippen LogP contribution in [0, 0.1) is 13.8 Å². The van der Waals surface area contributed by atoms with Crippen LogP contribution in [-0.2, 0) is 16.1 Å². The zero-order chi connectivity index (χ0) is 17.0. The lowest BCUT2D eigenvalue weighted by molar-refractivity contribution is -0.143. The summed E-state index contributed by atoms with van der Waals surface area (Å²) in [5.74, 6) is -0.475. The molecule has 23 heavy (non-hydrogen) atoms. The van der Waals surface area contributed by atoms with Crippen LogP contribution < -0.4 is 5.32 Å². The van der Waals surface area contributed by atoms with Crippen LogP contribution in [0.15, 0.2) is 22.7 Å². The van der Waals surface area contributed by atoms with E-state index in [-0.39, 0.29) is 23.7 Å². The van der Waals surface area contributed by atoms with Gasteiger partial charge >= 0.3 is 5.97 Å². The van der Waals surface area contributed by atoms with E-state index in [9.17, 15) is 9.59 Å². The van der Waals surface area contributed by atoms with Gasteiger partial charge in [-0.25, -0.2) is 0 Å². The monoisotopic (exact) mass is 356 g/mol. The fourth-order valence-corrected chi connectivity index (χ4v) is 2.33. The van der Waals surface area contributed by atoms with Gasteiger partial charge in [0, 0.05) is 5.02 Å². The minimum Gasteiger partial charge on any atom is -0.459 e. The van der Waals surface area contributed by atoms with E-state index in [1.807, 2.05) is 0 Å². The van der Waals surface area contributed by atoms with E-state index in [1.54, 1.807) is 13.8 Å². The normalized spacial score (nSPS) is 10.4. The second-order valence-corrected chi connectivity index (χ2v) is 5.61. The summed E-state index contributed by atoms with van der Waals surface area (Å²) < 4.78 is 10.0. The second-order valence-electron chi connectivity index (χ2n) is 4.77. The number of nitrogens with zero attached hydrogens (tertiary/aromatic N) is 1. The number of amides is 1. The fourth-order valence-electron chi connectivity index (χ4n) is 1.83. The SMILES string of the molecule is Cc1noc(C)c1COC(=O)CNC(=O)c1ccc(Cl)cc1Cl. The Morgan fingerprint density at radius 1 is 1.30 bits per heavy atom. The molecular weight excluding hydrogens is 343 g/mol. The van der Waals surface area contributed by atoms with Gasteiger partial charge in [0.15, 0.2) is 0 Å². The highest BCUT2D eigenvalue weighted by Gasteiger charge is 2.14. The molecule has 0 atom stereocenters. The molecule has 0 saturated carbocycles. The molecule has 1 heterocycles. The summed E-state index contributed by atoms with van der Waals surface area (Å²) >= 11 is 11.7. The lowest BCUT2D eigenvalue weighted by atomic mass is 10.2.